The van der Waals surface area contributed by atoms with Crippen LogP contribution in [0.4, 0.5) is 0 Å². The molecule has 1 rings (SSSR count). The fourth-order valence-corrected chi connectivity index (χ4v) is 2.19. The Morgan fingerprint density at radius 3 is 2.53 bits per heavy atom. The molecule has 1 aromatic rings. The average Bonchev–Trinajstić information content (AvgIpc) is 2.36. The van der Waals surface area contributed by atoms with Crippen LogP contribution in [0.3, 0.4) is 0 Å². The van der Waals surface area contributed by atoms with Crippen molar-refractivity contribution >= 4 is 5.57 Å². The van der Waals surface area contributed by atoms with Crippen LogP contribution < -0.4 is 0 Å². The first kappa shape index (κ1) is 13.8. The van der Waals surface area contributed by atoms with Crippen LogP contribution in [0.25, 0.3) is 5.57 Å². The molecular weight excluding hydrogens is 204 g/mol. The fraction of sp³-hybridized carbons (Fsp3) is 0.412. The predicted molar refractivity (Wildman–Crippen MR) is 78.3 cm³/mol. The summed E-state index contributed by atoms with van der Waals surface area (Å²) in [5.74, 6) is 0. The zero-order valence-corrected chi connectivity index (χ0v) is 11.3. The van der Waals surface area contributed by atoms with Gasteiger partial charge in [-0.1, -0.05) is 64.1 Å². The highest BCUT2D eigenvalue weighted by Gasteiger charge is 2.08. The van der Waals surface area contributed by atoms with Crippen molar-refractivity contribution in [3.05, 3.63) is 54.1 Å². The van der Waals surface area contributed by atoms with E-state index in [1.54, 1.807) is 0 Å². The van der Waals surface area contributed by atoms with Gasteiger partial charge in [-0.15, -0.1) is 0 Å². The molecule has 0 atom stereocenters. The molecule has 0 bridgehead atoms. The Balaban J connectivity index is 3.11. The van der Waals surface area contributed by atoms with E-state index in [0.29, 0.717) is 0 Å². The monoisotopic (exact) mass is 228 g/mol. The largest absolute Gasteiger partial charge is 0.0985 e. The molecule has 0 unspecified atom stereocenters. The molecule has 0 radical (unpaired) electrons. The zero-order chi connectivity index (χ0) is 12.7. The van der Waals surface area contributed by atoms with Crippen molar-refractivity contribution in [3.63, 3.8) is 0 Å². The summed E-state index contributed by atoms with van der Waals surface area (Å²) in [7, 11) is 0. The Labute approximate surface area is 106 Å². The number of hydrogen-bond donors (Lipinski definition) is 0. The molecular formula is C17H24. The molecule has 0 aliphatic carbocycles. The quantitative estimate of drug-likeness (QED) is 0.564. The lowest BCUT2D eigenvalue weighted by atomic mass is 9.91. The Kier molecular flexibility index (Phi) is 5.76. The van der Waals surface area contributed by atoms with Crippen molar-refractivity contribution in [2.75, 3.05) is 0 Å². The van der Waals surface area contributed by atoms with Crippen molar-refractivity contribution in [1.29, 1.82) is 0 Å². The predicted octanol–water partition coefficient (Wildman–Crippen LogP) is 5.18. The van der Waals surface area contributed by atoms with Crippen LogP contribution >= 0.6 is 0 Å². The van der Waals surface area contributed by atoms with E-state index in [0.717, 1.165) is 12.0 Å². The molecule has 0 heteroatoms. The number of allylic oxidation sites excluding steroid dienone is 2. The third-order valence-electron chi connectivity index (χ3n) is 3.17. The van der Waals surface area contributed by atoms with Gasteiger partial charge < -0.3 is 0 Å². The van der Waals surface area contributed by atoms with Crippen LogP contribution in [0.15, 0.2) is 37.4 Å². The average molecular weight is 228 g/mol. The molecule has 0 spiro atoms. The Morgan fingerprint density at radius 2 is 1.94 bits per heavy atom. The number of unbranched alkanes of at least 4 members (excludes halogenated alkanes) is 1. The van der Waals surface area contributed by atoms with Gasteiger partial charge in [0.15, 0.2) is 0 Å². The van der Waals surface area contributed by atoms with E-state index >= 15 is 0 Å². The Hall–Kier alpha value is -1.30. The third kappa shape index (κ3) is 3.59. The highest BCUT2D eigenvalue weighted by atomic mass is 14.1. The highest BCUT2D eigenvalue weighted by Crippen LogP contribution is 2.24. The molecule has 0 nitrogen and oxygen atoms in total. The molecule has 92 valence electrons. The van der Waals surface area contributed by atoms with Crippen LogP contribution in [-0.2, 0) is 12.8 Å². The molecule has 0 heterocycles. The van der Waals surface area contributed by atoms with Crippen LogP contribution in [0.1, 0.15) is 49.8 Å². The Morgan fingerprint density at radius 1 is 1.18 bits per heavy atom. The molecule has 1 aromatic carbocycles. The Bertz CT molecular complexity index is 385. The van der Waals surface area contributed by atoms with Gasteiger partial charge in [-0.2, -0.15) is 0 Å². The van der Waals surface area contributed by atoms with Crippen molar-refractivity contribution < 1.29 is 0 Å². The minimum Gasteiger partial charge on any atom is -0.0985 e. The van der Waals surface area contributed by atoms with Gasteiger partial charge in [0, 0.05) is 0 Å². The van der Waals surface area contributed by atoms with E-state index < -0.39 is 0 Å². The van der Waals surface area contributed by atoms with Crippen molar-refractivity contribution in [2.45, 2.75) is 46.0 Å². The SMILES string of the molecule is C=CC(=C)c1cccc(CCCC)c1CCC. The molecule has 0 aromatic heterocycles. The lowest BCUT2D eigenvalue weighted by Gasteiger charge is -2.14. The van der Waals surface area contributed by atoms with E-state index in [2.05, 4.69) is 45.2 Å². The summed E-state index contributed by atoms with van der Waals surface area (Å²) >= 11 is 0. The summed E-state index contributed by atoms with van der Waals surface area (Å²) in [5.41, 5.74) is 5.31. The highest BCUT2D eigenvalue weighted by molar-refractivity contribution is 5.74. The summed E-state index contributed by atoms with van der Waals surface area (Å²) in [6, 6.07) is 6.58. The van der Waals surface area contributed by atoms with Gasteiger partial charge in [0.25, 0.3) is 0 Å². The maximum absolute atomic E-state index is 4.09. The summed E-state index contributed by atoms with van der Waals surface area (Å²) in [6.45, 7) is 12.4. The van der Waals surface area contributed by atoms with Gasteiger partial charge in [-0.05, 0) is 41.5 Å². The van der Waals surface area contributed by atoms with E-state index in [-0.39, 0.29) is 0 Å². The van der Waals surface area contributed by atoms with E-state index in [1.165, 1.54) is 42.4 Å². The third-order valence-corrected chi connectivity index (χ3v) is 3.17. The van der Waals surface area contributed by atoms with Crippen molar-refractivity contribution in [1.82, 2.24) is 0 Å². The van der Waals surface area contributed by atoms with E-state index in [1.807, 2.05) is 6.08 Å². The van der Waals surface area contributed by atoms with E-state index in [9.17, 15) is 0 Å². The summed E-state index contributed by atoms with van der Waals surface area (Å²) in [5, 5.41) is 0. The number of hydrogen-bond acceptors (Lipinski definition) is 0. The van der Waals surface area contributed by atoms with Gasteiger partial charge in [0.2, 0.25) is 0 Å². The zero-order valence-electron chi connectivity index (χ0n) is 11.3. The standard InChI is InChI=1S/C17H24/c1-5-8-11-15-12-9-13-16(14(4)7-3)17(15)10-6-2/h7,9,12-13H,3-6,8,10-11H2,1-2H3. The summed E-state index contributed by atoms with van der Waals surface area (Å²) in [4.78, 5) is 0. The molecule has 0 N–H and O–H groups in total. The molecule has 0 saturated carbocycles. The maximum Gasteiger partial charge on any atom is -0.0155 e. The van der Waals surface area contributed by atoms with Crippen LogP contribution in [0.5, 0.6) is 0 Å². The normalized spacial score (nSPS) is 10.2. The van der Waals surface area contributed by atoms with Crippen molar-refractivity contribution in [2.24, 2.45) is 0 Å². The topological polar surface area (TPSA) is 0 Å². The first-order chi connectivity index (χ1) is 8.24. The van der Waals surface area contributed by atoms with Crippen LogP contribution in [0, 0.1) is 0 Å². The molecule has 0 aliphatic rings. The second kappa shape index (κ2) is 7.11. The summed E-state index contributed by atoms with van der Waals surface area (Å²) in [6.07, 6.45) is 7.88. The second-order valence-corrected chi connectivity index (χ2v) is 4.53. The smallest absolute Gasteiger partial charge is 0.0155 e. The number of benzene rings is 1. The van der Waals surface area contributed by atoms with Gasteiger partial charge in [0.05, 0.1) is 0 Å². The second-order valence-electron chi connectivity index (χ2n) is 4.53. The van der Waals surface area contributed by atoms with E-state index in [4.69, 9.17) is 0 Å². The minimum absolute atomic E-state index is 1.05. The minimum atomic E-state index is 1.05. The first-order valence-corrected chi connectivity index (χ1v) is 6.67. The van der Waals surface area contributed by atoms with Crippen molar-refractivity contribution in [3.8, 4) is 0 Å². The lowest BCUT2D eigenvalue weighted by Crippen LogP contribution is -1.99. The fourth-order valence-electron chi connectivity index (χ4n) is 2.19. The van der Waals surface area contributed by atoms with Gasteiger partial charge in [-0.25, -0.2) is 0 Å². The molecule has 17 heavy (non-hydrogen) atoms. The van der Waals surface area contributed by atoms with Gasteiger partial charge in [-0.3, -0.25) is 0 Å². The van der Waals surface area contributed by atoms with Crippen LogP contribution in [0.2, 0.25) is 0 Å². The lowest BCUT2D eigenvalue weighted by molar-refractivity contribution is 0.779. The van der Waals surface area contributed by atoms with Gasteiger partial charge in [0.1, 0.15) is 0 Å². The summed E-state index contributed by atoms with van der Waals surface area (Å²) < 4.78 is 0. The number of rotatable bonds is 7. The molecule has 0 fully saturated rings. The first-order valence-electron chi connectivity index (χ1n) is 6.67. The number of aryl methyl sites for hydroxylation is 1. The van der Waals surface area contributed by atoms with Crippen LogP contribution in [-0.4, -0.2) is 0 Å². The molecule has 0 aliphatic heterocycles. The molecule has 0 saturated heterocycles. The maximum atomic E-state index is 4.09. The van der Waals surface area contributed by atoms with Gasteiger partial charge >= 0.3 is 0 Å². The molecule has 0 amide bonds.